The largest absolute Gasteiger partial charge is 0.362 e. The number of nitrogens with zero attached hydrogens (tertiary/aromatic N) is 2. The van der Waals surface area contributed by atoms with Gasteiger partial charge in [0, 0.05) is 36.7 Å². The molecule has 6 heteroatoms. The van der Waals surface area contributed by atoms with Crippen LogP contribution in [0, 0.1) is 0 Å². The standard InChI is InChI=1S/C8H15ClN2O2S/c1-10-5-6-11(8-10)4-2-3-7-14(9,12)13/h5-6H,2-4,7-8H2,1H3. The second-order valence-corrected chi connectivity index (χ2v) is 6.36. The molecular formula is C8H15ClN2O2S. The number of hydrogen-bond acceptors (Lipinski definition) is 4. The third kappa shape index (κ3) is 4.72. The Morgan fingerprint density at radius 2 is 2.07 bits per heavy atom. The van der Waals surface area contributed by atoms with Crippen LogP contribution >= 0.6 is 10.7 Å². The minimum Gasteiger partial charge on any atom is -0.362 e. The third-order valence-electron chi connectivity index (χ3n) is 2.02. The minimum atomic E-state index is -3.31. The number of halogens is 1. The lowest BCUT2D eigenvalue weighted by atomic mass is 10.3. The van der Waals surface area contributed by atoms with Crippen molar-refractivity contribution in [2.45, 2.75) is 12.8 Å². The Morgan fingerprint density at radius 1 is 1.36 bits per heavy atom. The van der Waals surface area contributed by atoms with Crippen LogP contribution in [0.5, 0.6) is 0 Å². The van der Waals surface area contributed by atoms with E-state index in [0.717, 1.165) is 19.6 Å². The molecule has 0 saturated heterocycles. The fourth-order valence-electron chi connectivity index (χ4n) is 1.32. The summed E-state index contributed by atoms with van der Waals surface area (Å²) >= 11 is 0. The van der Waals surface area contributed by atoms with Gasteiger partial charge in [-0.3, -0.25) is 0 Å². The van der Waals surface area contributed by atoms with Gasteiger partial charge < -0.3 is 9.80 Å². The first-order valence-corrected chi connectivity index (χ1v) is 7.00. The van der Waals surface area contributed by atoms with Crippen molar-refractivity contribution in [2.24, 2.45) is 0 Å². The fraction of sp³-hybridized carbons (Fsp3) is 0.750. The zero-order chi connectivity index (χ0) is 10.6. The fourth-order valence-corrected chi connectivity index (χ4v) is 2.20. The van der Waals surface area contributed by atoms with Gasteiger partial charge in [0.25, 0.3) is 0 Å². The van der Waals surface area contributed by atoms with E-state index >= 15 is 0 Å². The average Bonchev–Trinajstić information content (AvgIpc) is 2.44. The van der Waals surface area contributed by atoms with E-state index in [1.165, 1.54) is 0 Å². The summed E-state index contributed by atoms with van der Waals surface area (Å²) in [6, 6.07) is 0. The molecule has 0 aliphatic carbocycles. The van der Waals surface area contributed by atoms with Crippen LogP contribution in [-0.2, 0) is 9.05 Å². The smallest absolute Gasteiger partial charge is 0.232 e. The Hall–Kier alpha value is -0.420. The molecular weight excluding hydrogens is 224 g/mol. The van der Waals surface area contributed by atoms with Crippen molar-refractivity contribution in [3.63, 3.8) is 0 Å². The lowest BCUT2D eigenvalue weighted by molar-refractivity contribution is 0.293. The van der Waals surface area contributed by atoms with Crippen molar-refractivity contribution >= 4 is 19.7 Å². The van der Waals surface area contributed by atoms with Crippen molar-refractivity contribution < 1.29 is 8.42 Å². The highest BCUT2D eigenvalue weighted by atomic mass is 35.7. The van der Waals surface area contributed by atoms with Gasteiger partial charge in [-0.05, 0) is 12.8 Å². The van der Waals surface area contributed by atoms with Crippen molar-refractivity contribution in [3.8, 4) is 0 Å². The number of hydrogen-bond donors (Lipinski definition) is 0. The monoisotopic (exact) mass is 238 g/mol. The van der Waals surface area contributed by atoms with Gasteiger partial charge >= 0.3 is 0 Å². The van der Waals surface area contributed by atoms with Crippen LogP contribution in [0.15, 0.2) is 12.4 Å². The molecule has 0 unspecified atom stereocenters. The summed E-state index contributed by atoms with van der Waals surface area (Å²) in [5, 5.41) is 0. The van der Waals surface area contributed by atoms with E-state index in [0.29, 0.717) is 6.42 Å². The Morgan fingerprint density at radius 3 is 2.57 bits per heavy atom. The molecule has 0 atom stereocenters. The Labute approximate surface area is 89.6 Å². The molecule has 1 aliphatic rings. The SMILES string of the molecule is CN1C=CN(CCCCS(=O)(=O)Cl)C1. The maximum atomic E-state index is 10.6. The van der Waals surface area contributed by atoms with Gasteiger partial charge in [-0.25, -0.2) is 8.42 Å². The molecule has 0 radical (unpaired) electrons. The molecule has 14 heavy (non-hydrogen) atoms. The summed E-state index contributed by atoms with van der Waals surface area (Å²) in [5.41, 5.74) is 0. The van der Waals surface area contributed by atoms with E-state index in [4.69, 9.17) is 10.7 Å². The highest BCUT2D eigenvalue weighted by Crippen LogP contribution is 2.07. The highest BCUT2D eigenvalue weighted by molar-refractivity contribution is 8.13. The molecule has 0 bridgehead atoms. The molecule has 0 N–H and O–H groups in total. The van der Waals surface area contributed by atoms with Crippen LogP contribution in [0.1, 0.15) is 12.8 Å². The van der Waals surface area contributed by atoms with Gasteiger partial charge in [-0.1, -0.05) is 0 Å². The molecule has 4 nitrogen and oxygen atoms in total. The van der Waals surface area contributed by atoms with E-state index in [2.05, 4.69) is 9.80 Å². The summed E-state index contributed by atoms with van der Waals surface area (Å²) in [7, 11) is 3.78. The van der Waals surface area contributed by atoms with Crippen molar-refractivity contribution in [2.75, 3.05) is 26.0 Å². The summed E-state index contributed by atoms with van der Waals surface area (Å²) < 4.78 is 21.2. The predicted molar refractivity (Wildman–Crippen MR) is 57.3 cm³/mol. The molecule has 0 aromatic rings. The van der Waals surface area contributed by atoms with Crippen LogP contribution in [0.3, 0.4) is 0 Å². The van der Waals surface area contributed by atoms with Crippen molar-refractivity contribution in [1.29, 1.82) is 0 Å². The van der Waals surface area contributed by atoms with Crippen molar-refractivity contribution in [1.82, 2.24) is 9.80 Å². The highest BCUT2D eigenvalue weighted by Gasteiger charge is 2.09. The Balaban J connectivity index is 2.08. The van der Waals surface area contributed by atoms with Gasteiger partial charge in [0.1, 0.15) is 0 Å². The van der Waals surface area contributed by atoms with Crippen LogP contribution in [-0.4, -0.2) is 44.2 Å². The molecule has 1 heterocycles. The van der Waals surface area contributed by atoms with Gasteiger partial charge in [0.2, 0.25) is 9.05 Å². The molecule has 0 saturated carbocycles. The van der Waals surface area contributed by atoms with Crippen LogP contribution in [0.2, 0.25) is 0 Å². The zero-order valence-electron chi connectivity index (χ0n) is 8.19. The summed E-state index contributed by atoms with van der Waals surface area (Å²) in [6.45, 7) is 1.76. The van der Waals surface area contributed by atoms with E-state index in [1.54, 1.807) is 0 Å². The lowest BCUT2D eigenvalue weighted by Crippen LogP contribution is -2.23. The molecule has 1 aliphatic heterocycles. The summed E-state index contributed by atoms with van der Waals surface area (Å²) in [5.74, 6) is 0.0714. The minimum absolute atomic E-state index is 0.0714. The van der Waals surface area contributed by atoms with Gasteiger partial charge in [0.05, 0.1) is 12.4 Å². The molecule has 1 rings (SSSR count). The molecule has 0 fully saturated rings. The van der Waals surface area contributed by atoms with Crippen LogP contribution in [0.4, 0.5) is 0 Å². The quantitative estimate of drug-likeness (QED) is 0.530. The molecule has 0 aromatic carbocycles. The first-order chi connectivity index (χ1) is 6.47. The first kappa shape index (κ1) is 11.7. The predicted octanol–water partition coefficient (Wildman–Crippen LogP) is 1.01. The molecule has 0 aromatic heterocycles. The normalized spacial score (nSPS) is 16.7. The Bertz CT molecular complexity index is 302. The van der Waals surface area contributed by atoms with E-state index in [1.807, 2.05) is 19.4 Å². The molecule has 0 amide bonds. The van der Waals surface area contributed by atoms with Gasteiger partial charge in [0.15, 0.2) is 0 Å². The summed E-state index contributed by atoms with van der Waals surface area (Å²) in [4.78, 5) is 4.21. The number of unbranched alkanes of at least 4 members (excludes halogenated alkanes) is 1. The Kier molecular flexibility index (Phi) is 4.07. The average molecular weight is 239 g/mol. The topological polar surface area (TPSA) is 40.6 Å². The second kappa shape index (κ2) is 4.89. The zero-order valence-corrected chi connectivity index (χ0v) is 9.76. The third-order valence-corrected chi connectivity index (χ3v) is 3.26. The van der Waals surface area contributed by atoms with Gasteiger partial charge in [-0.15, -0.1) is 0 Å². The first-order valence-electron chi connectivity index (χ1n) is 4.52. The lowest BCUT2D eigenvalue weighted by Gasteiger charge is -2.17. The number of rotatable bonds is 5. The van der Waals surface area contributed by atoms with E-state index in [-0.39, 0.29) is 5.75 Å². The summed E-state index contributed by atoms with van der Waals surface area (Å²) in [6.07, 6.45) is 5.48. The van der Waals surface area contributed by atoms with E-state index < -0.39 is 9.05 Å². The van der Waals surface area contributed by atoms with Crippen molar-refractivity contribution in [3.05, 3.63) is 12.4 Å². The van der Waals surface area contributed by atoms with Crippen LogP contribution in [0.25, 0.3) is 0 Å². The maximum absolute atomic E-state index is 10.6. The van der Waals surface area contributed by atoms with E-state index in [9.17, 15) is 8.42 Å². The molecule has 0 spiro atoms. The second-order valence-electron chi connectivity index (χ2n) is 3.46. The van der Waals surface area contributed by atoms with Gasteiger partial charge in [-0.2, -0.15) is 0 Å². The maximum Gasteiger partial charge on any atom is 0.232 e. The van der Waals surface area contributed by atoms with Crippen LogP contribution < -0.4 is 0 Å². The molecule has 82 valence electrons.